The van der Waals surface area contributed by atoms with Crippen LogP contribution in [0.2, 0.25) is 0 Å². The van der Waals surface area contributed by atoms with Gasteiger partial charge in [0.05, 0.1) is 12.5 Å². The molecule has 0 bridgehead atoms. The topological polar surface area (TPSA) is 69.6 Å². The molecular weight excluding hydrogens is 266 g/mol. The fourth-order valence-electron chi connectivity index (χ4n) is 2.13. The van der Waals surface area contributed by atoms with Crippen LogP contribution < -0.4 is 5.32 Å². The molecule has 0 heterocycles. The zero-order valence-electron chi connectivity index (χ0n) is 13.0. The zero-order chi connectivity index (χ0) is 16.0. The molecule has 2 unspecified atom stereocenters. The molecule has 116 valence electrons. The van der Waals surface area contributed by atoms with E-state index in [0.717, 1.165) is 0 Å². The molecule has 0 aliphatic rings. The summed E-state index contributed by atoms with van der Waals surface area (Å²) < 4.78 is 0. The third-order valence-electron chi connectivity index (χ3n) is 3.42. The van der Waals surface area contributed by atoms with Crippen molar-refractivity contribution in [3.05, 3.63) is 48.0 Å². The van der Waals surface area contributed by atoms with E-state index in [4.69, 9.17) is 5.11 Å². The van der Waals surface area contributed by atoms with Crippen molar-refractivity contribution in [3.8, 4) is 0 Å². The highest BCUT2D eigenvalue weighted by atomic mass is 16.4. The molecule has 0 aliphatic carbocycles. The first kappa shape index (κ1) is 17.4. The van der Waals surface area contributed by atoms with E-state index in [1.54, 1.807) is 6.08 Å². The van der Waals surface area contributed by atoms with Gasteiger partial charge in [0.25, 0.3) is 0 Å². The molecule has 0 spiro atoms. The smallest absolute Gasteiger partial charge is 0.305 e. The van der Waals surface area contributed by atoms with Gasteiger partial charge in [-0.1, -0.05) is 51.1 Å². The van der Waals surface area contributed by atoms with Crippen molar-refractivity contribution in [3.63, 3.8) is 0 Å². The fourth-order valence-corrected chi connectivity index (χ4v) is 2.13. The quantitative estimate of drug-likeness (QED) is 0.675. The first-order chi connectivity index (χ1) is 9.75. The largest absolute Gasteiger partial charge is 0.481 e. The second-order valence-electron chi connectivity index (χ2n) is 6.22. The van der Waals surface area contributed by atoms with Gasteiger partial charge < -0.3 is 15.5 Å². The molecule has 1 aromatic carbocycles. The second kappa shape index (κ2) is 7.38. The molecule has 1 rings (SSSR count). The van der Waals surface area contributed by atoms with Gasteiger partial charge in [0.15, 0.2) is 0 Å². The van der Waals surface area contributed by atoms with Gasteiger partial charge in [-0.05, 0) is 16.5 Å². The minimum absolute atomic E-state index is 0.0467. The van der Waals surface area contributed by atoms with E-state index in [1.165, 1.54) is 5.56 Å². The van der Waals surface area contributed by atoms with E-state index in [1.807, 2.05) is 24.3 Å². The number of benzene rings is 1. The Balaban J connectivity index is 2.89. The minimum Gasteiger partial charge on any atom is -0.481 e. The maximum atomic E-state index is 10.9. The summed E-state index contributed by atoms with van der Waals surface area (Å²) in [4.78, 5) is 10.9. The number of aliphatic hydroxyl groups excluding tert-OH is 1. The van der Waals surface area contributed by atoms with E-state index in [0.29, 0.717) is 12.1 Å². The molecule has 21 heavy (non-hydrogen) atoms. The Hall–Kier alpha value is -1.65. The number of aliphatic hydroxyl groups is 1. The zero-order valence-corrected chi connectivity index (χ0v) is 13.0. The predicted molar refractivity (Wildman–Crippen MR) is 84.3 cm³/mol. The Kier molecular flexibility index (Phi) is 6.12. The van der Waals surface area contributed by atoms with Gasteiger partial charge in [-0.15, -0.1) is 6.58 Å². The molecule has 0 radical (unpaired) electrons. The van der Waals surface area contributed by atoms with E-state index in [9.17, 15) is 9.90 Å². The Labute approximate surface area is 126 Å². The summed E-state index contributed by atoms with van der Waals surface area (Å²) in [6.45, 7) is 10.4. The van der Waals surface area contributed by atoms with Crippen LogP contribution in [0.1, 0.15) is 44.4 Å². The van der Waals surface area contributed by atoms with Gasteiger partial charge in [0.1, 0.15) is 0 Å². The summed E-state index contributed by atoms with van der Waals surface area (Å²) in [6.07, 6.45) is 0.635. The minimum atomic E-state index is -0.943. The SMILES string of the molecule is C=CCNC(CC(=O)O)C(O)c1ccc(C(C)(C)C)cc1. The average molecular weight is 291 g/mol. The van der Waals surface area contributed by atoms with E-state index in [2.05, 4.69) is 32.7 Å². The van der Waals surface area contributed by atoms with Crippen LogP contribution in [0.25, 0.3) is 0 Å². The molecule has 2 atom stereocenters. The molecule has 0 saturated carbocycles. The van der Waals surface area contributed by atoms with Crippen molar-refractivity contribution in [2.45, 2.75) is 44.8 Å². The van der Waals surface area contributed by atoms with E-state index < -0.39 is 18.1 Å². The van der Waals surface area contributed by atoms with E-state index >= 15 is 0 Å². The molecule has 0 fully saturated rings. The Bertz CT molecular complexity index is 474. The summed E-state index contributed by atoms with van der Waals surface area (Å²) in [5.41, 5.74) is 1.93. The van der Waals surface area contributed by atoms with Crippen molar-refractivity contribution in [1.29, 1.82) is 0 Å². The highest BCUT2D eigenvalue weighted by molar-refractivity contribution is 5.67. The summed E-state index contributed by atoms with van der Waals surface area (Å²) in [7, 11) is 0. The monoisotopic (exact) mass is 291 g/mol. The van der Waals surface area contributed by atoms with Crippen molar-refractivity contribution in [1.82, 2.24) is 5.32 Å². The summed E-state index contributed by atoms with van der Waals surface area (Å²) in [5, 5.41) is 22.3. The summed E-state index contributed by atoms with van der Waals surface area (Å²) >= 11 is 0. The van der Waals surface area contributed by atoms with Crippen LogP contribution in [0.3, 0.4) is 0 Å². The lowest BCUT2D eigenvalue weighted by Gasteiger charge is -2.24. The summed E-state index contributed by atoms with van der Waals surface area (Å²) in [5.74, 6) is -0.943. The normalized spacial score (nSPS) is 14.5. The number of rotatable bonds is 7. The van der Waals surface area contributed by atoms with Crippen molar-refractivity contribution >= 4 is 5.97 Å². The van der Waals surface area contributed by atoms with E-state index in [-0.39, 0.29) is 11.8 Å². The molecule has 3 N–H and O–H groups in total. The van der Waals surface area contributed by atoms with Gasteiger partial charge in [0, 0.05) is 12.6 Å². The molecule has 4 nitrogen and oxygen atoms in total. The predicted octanol–water partition coefficient (Wildman–Crippen LogP) is 2.64. The summed E-state index contributed by atoms with van der Waals surface area (Å²) in [6, 6.07) is 7.13. The highest BCUT2D eigenvalue weighted by Gasteiger charge is 2.23. The van der Waals surface area contributed by atoms with Gasteiger partial charge in [0.2, 0.25) is 0 Å². The second-order valence-corrected chi connectivity index (χ2v) is 6.22. The third kappa shape index (κ3) is 5.33. The standard InChI is InChI=1S/C17H25NO3/c1-5-10-18-14(11-15(19)20)16(21)12-6-8-13(9-7-12)17(2,3)4/h5-9,14,16,18,21H,1,10-11H2,2-4H3,(H,19,20). The molecule has 0 saturated heterocycles. The Morgan fingerprint density at radius 3 is 2.33 bits per heavy atom. The van der Waals surface area contributed by atoms with Gasteiger partial charge >= 0.3 is 5.97 Å². The third-order valence-corrected chi connectivity index (χ3v) is 3.42. The number of aliphatic carboxylic acids is 1. The average Bonchev–Trinajstić information content (AvgIpc) is 2.41. The maximum Gasteiger partial charge on any atom is 0.305 e. The van der Waals surface area contributed by atoms with Crippen LogP contribution in [0, 0.1) is 0 Å². The maximum absolute atomic E-state index is 10.9. The molecule has 0 aromatic heterocycles. The number of carbonyl (C=O) groups is 1. The number of hydrogen-bond acceptors (Lipinski definition) is 3. The van der Waals surface area contributed by atoms with Crippen LogP contribution in [-0.2, 0) is 10.2 Å². The first-order valence-corrected chi connectivity index (χ1v) is 7.10. The van der Waals surface area contributed by atoms with Crippen molar-refractivity contribution in [2.75, 3.05) is 6.54 Å². The van der Waals surface area contributed by atoms with Crippen LogP contribution in [-0.4, -0.2) is 28.8 Å². The van der Waals surface area contributed by atoms with Crippen molar-refractivity contribution in [2.24, 2.45) is 0 Å². The van der Waals surface area contributed by atoms with Crippen LogP contribution >= 0.6 is 0 Å². The van der Waals surface area contributed by atoms with Gasteiger partial charge in [-0.25, -0.2) is 0 Å². The molecular formula is C17H25NO3. The number of carboxylic acid groups (broad SMARTS) is 1. The lowest BCUT2D eigenvalue weighted by atomic mass is 9.86. The number of hydrogen-bond donors (Lipinski definition) is 3. The lowest BCUT2D eigenvalue weighted by Crippen LogP contribution is -2.37. The first-order valence-electron chi connectivity index (χ1n) is 7.10. The Morgan fingerprint density at radius 2 is 1.90 bits per heavy atom. The van der Waals surface area contributed by atoms with Crippen LogP contribution in [0.4, 0.5) is 0 Å². The lowest BCUT2D eigenvalue weighted by molar-refractivity contribution is -0.138. The highest BCUT2D eigenvalue weighted by Crippen LogP contribution is 2.25. The molecule has 4 heteroatoms. The number of nitrogens with one attached hydrogen (secondary N) is 1. The number of carboxylic acids is 1. The van der Waals surface area contributed by atoms with Crippen LogP contribution in [0.15, 0.2) is 36.9 Å². The fraction of sp³-hybridized carbons (Fsp3) is 0.471. The Morgan fingerprint density at radius 1 is 1.33 bits per heavy atom. The molecule has 0 aliphatic heterocycles. The van der Waals surface area contributed by atoms with Crippen LogP contribution in [0.5, 0.6) is 0 Å². The van der Waals surface area contributed by atoms with Crippen molar-refractivity contribution < 1.29 is 15.0 Å². The van der Waals surface area contributed by atoms with Gasteiger partial charge in [-0.2, -0.15) is 0 Å². The molecule has 1 aromatic rings. The molecule has 0 amide bonds. The van der Waals surface area contributed by atoms with Gasteiger partial charge in [-0.3, -0.25) is 4.79 Å².